The fourth-order valence-corrected chi connectivity index (χ4v) is 2.72. The molecule has 2 heterocycles. The molecule has 4 aromatic rings. The molecule has 2 aromatic heterocycles. The van der Waals surface area contributed by atoms with Crippen LogP contribution in [-0.2, 0) is 7.05 Å². The van der Waals surface area contributed by atoms with Crippen molar-refractivity contribution in [2.45, 2.75) is 6.92 Å². The Balaban J connectivity index is 1.71. The molecule has 4 rings (SSSR count). The molecule has 0 fully saturated rings. The van der Waals surface area contributed by atoms with E-state index in [4.69, 9.17) is 17.1 Å². The second kappa shape index (κ2) is 6.81. The van der Waals surface area contributed by atoms with E-state index in [0.29, 0.717) is 5.52 Å². The number of anilines is 1. The van der Waals surface area contributed by atoms with Gasteiger partial charge in [0.05, 0.1) is 22.9 Å². The van der Waals surface area contributed by atoms with Gasteiger partial charge in [-0.3, -0.25) is 4.79 Å². The number of halogens is 1. The summed E-state index contributed by atoms with van der Waals surface area (Å²) in [6, 6.07) is 5.24. The van der Waals surface area contributed by atoms with E-state index in [-0.39, 0.29) is 10.8 Å². The van der Waals surface area contributed by atoms with Crippen molar-refractivity contribution in [3.05, 3.63) is 71.0 Å². The zero-order chi connectivity index (χ0) is 22.4. The summed E-state index contributed by atoms with van der Waals surface area (Å²) in [5, 5.41) is 11.0. The van der Waals surface area contributed by atoms with Crippen LogP contribution < -0.4 is 5.32 Å². The molecule has 6 nitrogen and oxygen atoms in total. The van der Waals surface area contributed by atoms with Crippen LogP contribution in [-0.4, -0.2) is 25.7 Å². The van der Waals surface area contributed by atoms with Gasteiger partial charge in [0, 0.05) is 28.6 Å². The van der Waals surface area contributed by atoms with Crippen molar-refractivity contribution in [1.29, 1.82) is 0 Å². The molecule has 0 unspecified atom stereocenters. The first-order chi connectivity index (χ1) is 14.7. The van der Waals surface area contributed by atoms with E-state index in [1.807, 2.05) is 36.7 Å². The molecule has 27 heavy (non-hydrogen) atoms. The molecular weight excluding hydrogens is 362 g/mol. The molecule has 1 N–H and O–H groups in total. The van der Waals surface area contributed by atoms with E-state index in [2.05, 4.69) is 20.5 Å². The summed E-state index contributed by atoms with van der Waals surface area (Å²) >= 11 is 5.79. The molecule has 0 aliphatic rings. The van der Waals surface area contributed by atoms with Crippen molar-refractivity contribution in [2.24, 2.45) is 7.05 Å². The molecule has 0 aliphatic heterocycles. The van der Waals surface area contributed by atoms with Gasteiger partial charge in [-0.2, -0.15) is 0 Å². The average molecular weight is 382 g/mol. The quantitative estimate of drug-likeness (QED) is 0.576. The first-order valence-electron chi connectivity index (χ1n) is 10.0. The molecule has 7 heteroatoms. The maximum absolute atomic E-state index is 12.7. The molecule has 0 aliphatic carbocycles. The number of fused-ring (bicyclic) bond motifs is 1. The summed E-state index contributed by atoms with van der Waals surface area (Å²) in [6.07, 6.45) is 1.77. The molecular formula is C20H16ClN5O. The zero-order valence-electron chi connectivity index (χ0n) is 18.5. The smallest absolute Gasteiger partial charge is 0.256 e. The maximum atomic E-state index is 12.7. The minimum absolute atomic E-state index is 0.114. The standard InChI is InChI=1S/C20H16ClN5O/c1-12-22-11-18(26(12)2)14-5-8-17-15(9-14)10-19(25-24-17)23-20(27)13-3-6-16(21)7-4-13/h3-11H,1-2H3,(H,23,25,27)/i3D,4D,6D,7D. The fraction of sp³-hybridized carbons (Fsp3) is 0.100. The molecule has 0 saturated carbocycles. The fourth-order valence-electron chi connectivity index (χ4n) is 2.63. The predicted molar refractivity (Wildman–Crippen MR) is 106 cm³/mol. The average Bonchev–Trinajstić information content (AvgIpc) is 3.09. The number of carbonyl (C=O) groups excluding carboxylic acids is 1. The Hall–Kier alpha value is -3.25. The molecule has 2 aromatic carbocycles. The van der Waals surface area contributed by atoms with Gasteiger partial charge >= 0.3 is 0 Å². The second-order valence-corrected chi connectivity index (χ2v) is 6.27. The number of aryl methyl sites for hydroxylation is 1. The molecule has 0 saturated heterocycles. The van der Waals surface area contributed by atoms with Gasteiger partial charge < -0.3 is 9.88 Å². The number of hydrogen-bond donors (Lipinski definition) is 1. The highest BCUT2D eigenvalue weighted by atomic mass is 35.5. The third-order valence-electron chi connectivity index (χ3n) is 4.16. The monoisotopic (exact) mass is 381 g/mol. The highest BCUT2D eigenvalue weighted by Crippen LogP contribution is 2.25. The normalized spacial score (nSPS) is 13.0. The SMILES string of the molecule is [2H]c1c([2H])c(C(=O)Nc2cc3cc(-c4cnc(C)n4C)ccc3nn2)c([2H])c([2H])c1Cl. The number of imidazole rings is 1. The highest BCUT2D eigenvalue weighted by molar-refractivity contribution is 6.30. The van der Waals surface area contributed by atoms with Crippen LogP contribution in [0.15, 0.2) is 54.6 Å². The Labute approximate surface area is 166 Å². The van der Waals surface area contributed by atoms with E-state index in [1.54, 1.807) is 12.3 Å². The molecule has 0 radical (unpaired) electrons. The number of hydrogen-bond acceptors (Lipinski definition) is 4. The van der Waals surface area contributed by atoms with Gasteiger partial charge in [-0.15, -0.1) is 10.2 Å². The lowest BCUT2D eigenvalue weighted by molar-refractivity contribution is 0.102. The lowest BCUT2D eigenvalue weighted by atomic mass is 10.1. The van der Waals surface area contributed by atoms with Crippen molar-refractivity contribution in [1.82, 2.24) is 19.7 Å². The van der Waals surface area contributed by atoms with Crippen LogP contribution in [0.1, 0.15) is 21.7 Å². The van der Waals surface area contributed by atoms with E-state index in [0.717, 1.165) is 22.5 Å². The minimum Gasteiger partial charge on any atom is -0.331 e. The summed E-state index contributed by atoms with van der Waals surface area (Å²) in [5.41, 5.74) is 2.04. The Morgan fingerprint density at radius 3 is 2.67 bits per heavy atom. The van der Waals surface area contributed by atoms with Crippen LogP contribution in [0.2, 0.25) is 5.02 Å². The summed E-state index contributed by atoms with van der Waals surface area (Å²) in [7, 11) is 1.92. The third-order valence-corrected chi connectivity index (χ3v) is 4.35. The number of benzene rings is 2. The van der Waals surface area contributed by atoms with Crippen LogP contribution in [0.5, 0.6) is 0 Å². The summed E-state index contributed by atoms with van der Waals surface area (Å²) in [5.74, 6) is 0.155. The first-order valence-corrected chi connectivity index (χ1v) is 8.40. The van der Waals surface area contributed by atoms with Gasteiger partial charge in [0.1, 0.15) is 5.82 Å². The molecule has 0 bridgehead atoms. The van der Waals surface area contributed by atoms with Crippen molar-refractivity contribution in [3.8, 4) is 11.3 Å². The largest absolute Gasteiger partial charge is 0.331 e. The Morgan fingerprint density at radius 2 is 1.96 bits per heavy atom. The third kappa shape index (κ3) is 3.39. The molecule has 1 amide bonds. The number of aromatic nitrogens is 4. The second-order valence-electron chi connectivity index (χ2n) is 5.90. The number of carbonyl (C=O) groups is 1. The van der Waals surface area contributed by atoms with E-state index < -0.39 is 35.6 Å². The van der Waals surface area contributed by atoms with Crippen molar-refractivity contribution in [2.75, 3.05) is 5.32 Å². The summed E-state index contributed by atoms with van der Waals surface area (Å²) in [4.78, 5) is 17.0. The van der Waals surface area contributed by atoms with Crippen LogP contribution >= 0.6 is 11.6 Å². The molecule has 0 atom stereocenters. The number of nitrogens with zero attached hydrogens (tertiary/aromatic N) is 4. The van der Waals surface area contributed by atoms with Gasteiger partial charge in [-0.25, -0.2) is 4.98 Å². The van der Waals surface area contributed by atoms with Crippen molar-refractivity contribution < 1.29 is 10.3 Å². The Morgan fingerprint density at radius 1 is 1.19 bits per heavy atom. The molecule has 0 spiro atoms. The van der Waals surface area contributed by atoms with Crippen LogP contribution in [0.25, 0.3) is 22.2 Å². The van der Waals surface area contributed by atoms with Crippen LogP contribution in [0.3, 0.4) is 0 Å². The van der Waals surface area contributed by atoms with E-state index in [9.17, 15) is 4.79 Å². The van der Waals surface area contributed by atoms with Gasteiger partial charge in [0.25, 0.3) is 5.91 Å². The van der Waals surface area contributed by atoms with E-state index in [1.165, 1.54) is 0 Å². The van der Waals surface area contributed by atoms with Gasteiger partial charge in [0.15, 0.2) is 5.82 Å². The van der Waals surface area contributed by atoms with Crippen LogP contribution in [0, 0.1) is 6.92 Å². The predicted octanol–water partition coefficient (Wildman–Crippen LogP) is 4.24. The van der Waals surface area contributed by atoms with Crippen LogP contribution in [0.4, 0.5) is 5.82 Å². The summed E-state index contributed by atoms with van der Waals surface area (Å²) < 4.78 is 33.5. The molecule has 134 valence electrons. The topological polar surface area (TPSA) is 72.7 Å². The van der Waals surface area contributed by atoms with Gasteiger partial charge in [0.2, 0.25) is 0 Å². The Kier molecular flexibility index (Phi) is 3.28. The lowest BCUT2D eigenvalue weighted by Gasteiger charge is -2.07. The van der Waals surface area contributed by atoms with Crippen molar-refractivity contribution in [3.63, 3.8) is 0 Å². The van der Waals surface area contributed by atoms with Gasteiger partial charge in [-0.05, 0) is 49.3 Å². The Bertz CT molecular complexity index is 1340. The summed E-state index contributed by atoms with van der Waals surface area (Å²) in [6.45, 7) is 1.91. The minimum atomic E-state index is -0.833. The van der Waals surface area contributed by atoms with Crippen molar-refractivity contribution >= 4 is 34.2 Å². The van der Waals surface area contributed by atoms with E-state index >= 15 is 0 Å². The van der Waals surface area contributed by atoms with Gasteiger partial charge in [-0.1, -0.05) is 17.7 Å². The number of amides is 1. The zero-order valence-corrected chi connectivity index (χ0v) is 15.2. The number of nitrogens with one attached hydrogen (secondary N) is 1. The number of rotatable bonds is 3. The lowest BCUT2D eigenvalue weighted by Crippen LogP contribution is -2.13. The first kappa shape index (κ1) is 13.0. The maximum Gasteiger partial charge on any atom is 0.256 e. The highest BCUT2D eigenvalue weighted by Gasteiger charge is 2.10.